The molecule has 0 saturated carbocycles. The molecule has 1 atom stereocenters. The number of carboxylic acid groups (broad SMARTS) is 1. The van der Waals surface area contributed by atoms with Gasteiger partial charge in [0.25, 0.3) is 5.91 Å². The number of nitrogens with two attached hydrogens (primary N) is 1. The molecule has 0 aliphatic rings. The number of hydrogen-bond acceptors (Lipinski definition) is 6. The Kier molecular flexibility index (Phi) is 5.69. The Balaban J connectivity index is 2.51. The summed E-state index contributed by atoms with van der Waals surface area (Å²) in [6, 6.07) is 0. The fourth-order valence-corrected chi connectivity index (χ4v) is 2.00. The summed E-state index contributed by atoms with van der Waals surface area (Å²) in [5.74, 6) is -1.54. The van der Waals surface area contributed by atoms with Gasteiger partial charge in [-0.3, -0.25) is 4.79 Å². The number of nitrogens with zero attached hydrogens (tertiary/aromatic N) is 1. The van der Waals surface area contributed by atoms with Gasteiger partial charge in [-0.25, -0.2) is 9.78 Å². The summed E-state index contributed by atoms with van der Waals surface area (Å²) in [6.07, 6.45) is -0.440. The number of aromatic nitrogens is 1. The summed E-state index contributed by atoms with van der Waals surface area (Å²) in [5.41, 5.74) is 5.65. The molecule has 0 radical (unpaired) electrons. The van der Waals surface area contributed by atoms with E-state index in [0.29, 0.717) is 13.0 Å². The molecule has 0 bridgehead atoms. The summed E-state index contributed by atoms with van der Waals surface area (Å²) in [4.78, 5) is 26.4. The lowest BCUT2D eigenvalue weighted by molar-refractivity contribution is -0.148. The summed E-state index contributed by atoms with van der Waals surface area (Å²) in [7, 11) is 1.27. The first kappa shape index (κ1) is 14.6. The molecule has 1 rings (SSSR count). The van der Waals surface area contributed by atoms with Gasteiger partial charge >= 0.3 is 5.97 Å². The molecule has 1 amide bonds. The maximum atomic E-state index is 11.7. The third-order valence-corrected chi connectivity index (χ3v) is 3.06. The average molecular weight is 273 g/mol. The molecule has 0 saturated heterocycles. The van der Waals surface area contributed by atoms with Crippen molar-refractivity contribution in [3.8, 4) is 0 Å². The van der Waals surface area contributed by atoms with Gasteiger partial charge in [-0.05, 0) is 6.54 Å². The zero-order chi connectivity index (χ0) is 13.5. The third-order valence-electron chi connectivity index (χ3n) is 2.15. The third kappa shape index (κ3) is 4.06. The van der Waals surface area contributed by atoms with Crippen LogP contribution in [-0.2, 0) is 16.0 Å². The largest absolute Gasteiger partial charge is 0.479 e. The topological polar surface area (TPSA) is 115 Å². The summed E-state index contributed by atoms with van der Waals surface area (Å²) < 4.78 is 4.69. The lowest BCUT2D eigenvalue weighted by Crippen LogP contribution is -2.37. The van der Waals surface area contributed by atoms with Crippen LogP contribution in [0.1, 0.15) is 15.5 Å². The highest BCUT2D eigenvalue weighted by atomic mass is 32.1. The fraction of sp³-hybridized carbons (Fsp3) is 0.500. The van der Waals surface area contributed by atoms with Crippen molar-refractivity contribution in [3.05, 3.63) is 16.1 Å². The van der Waals surface area contributed by atoms with Gasteiger partial charge in [0.2, 0.25) is 0 Å². The standard InChI is InChI=1S/C10H15N3O4S/c1-17-7(10(15)16)4-12-9(14)6-5-18-8(13-6)2-3-11/h5,7H,2-4,11H2,1H3,(H,12,14)(H,15,16). The first-order valence-corrected chi connectivity index (χ1v) is 6.14. The molecule has 18 heavy (non-hydrogen) atoms. The van der Waals surface area contributed by atoms with Crippen LogP contribution in [0, 0.1) is 0 Å². The smallest absolute Gasteiger partial charge is 0.334 e. The molecule has 0 aromatic carbocycles. The molecule has 1 unspecified atom stereocenters. The second-order valence-electron chi connectivity index (χ2n) is 3.44. The molecule has 0 fully saturated rings. The number of ether oxygens (including phenoxy) is 1. The van der Waals surface area contributed by atoms with Gasteiger partial charge in [0, 0.05) is 18.9 Å². The maximum Gasteiger partial charge on any atom is 0.334 e. The molecule has 100 valence electrons. The number of carboxylic acids is 1. The van der Waals surface area contributed by atoms with E-state index < -0.39 is 18.0 Å². The minimum absolute atomic E-state index is 0.103. The quantitative estimate of drug-likeness (QED) is 0.615. The maximum absolute atomic E-state index is 11.7. The van der Waals surface area contributed by atoms with Crippen molar-refractivity contribution < 1.29 is 19.4 Å². The molecule has 0 aliphatic carbocycles. The highest BCUT2D eigenvalue weighted by molar-refractivity contribution is 7.09. The molecular formula is C10H15N3O4S. The van der Waals surface area contributed by atoms with Crippen LogP contribution >= 0.6 is 11.3 Å². The van der Waals surface area contributed by atoms with E-state index in [1.807, 2.05) is 0 Å². The van der Waals surface area contributed by atoms with E-state index in [9.17, 15) is 9.59 Å². The summed E-state index contributed by atoms with van der Waals surface area (Å²) in [5, 5.41) is 13.6. The number of aliphatic carboxylic acids is 1. The summed E-state index contributed by atoms with van der Waals surface area (Å²) in [6.45, 7) is 0.369. The normalized spacial score (nSPS) is 12.1. The lowest BCUT2D eigenvalue weighted by Gasteiger charge is -2.10. The van der Waals surface area contributed by atoms with E-state index in [0.717, 1.165) is 5.01 Å². The van der Waals surface area contributed by atoms with Crippen LogP contribution < -0.4 is 11.1 Å². The Morgan fingerprint density at radius 3 is 2.94 bits per heavy atom. The zero-order valence-corrected chi connectivity index (χ0v) is 10.7. The highest BCUT2D eigenvalue weighted by Gasteiger charge is 2.18. The predicted molar refractivity (Wildman–Crippen MR) is 65.6 cm³/mol. The number of carbonyl (C=O) groups excluding carboxylic acids is 1. The van der Waals surface area contributed by atoms with Gasteiger partial charge in [-0.1, -0.05) is 0 Å². The van der Waals surface area contributed by atoms with Crippen molar-refractivity contribution in [1.82, 2.24) is 10.3 Å². The monoisotopic (exact) mass is 273 g/mol. The van der Waals surface area contributed by atoms with Crippen molar-refractivity contribution >= 4 is 23.2 Å². The molecule has 1 heterocycles. The Labute approximate surface area is 108 Å². The number of hydrogen-bond donors (Lipinski definition) is 3. The van der Waals surface area contributed by atoms with E-state index in [2.05, 4.69) is 10.3 Å². The molecule has 8 heteroatoms. The van der Waals surface area contributed by atoms with Crippen LogP contribution in [0.4, 0.5) is 0 Å². The van der Waals surface area contributed by atoms with E-state index in [1.54, 1.807) is 5.38 Å². The first-order chi connectivity index (χ1) is 8.58. The summed E-state index contributed by atoms with van der Waals surface area (Å²) >= 11 is 1.35. The molecule has 1 aromatic rings. The van der Waals surface area contributed by atoms with Crippen LogP contribution in [0.5, 0.6) is 0 Å². The highest BCUT2D eigenvalue weighted by Crippen LogP contribution is 2.09. The van der Waals surface area contributed by atoms with E-state index in [-0.39, 0.29) is 12.2 Å². The number of thiazole rings is 1. The van der Waals surface area contributed by atoms with Crippen LogP contribution in [-0.4, -0.2) is 48.3 Å². The van der Waals surface area contributed by atoms with Gasteiger partial charge in [-0.2, -0.15) is 0 Å². The second-order valence-corrected chi connectivity index (χ2v) is 4.38. The minimum Gasteiger partial charge on any atom is -0.479 e. The van der Waals surface area contributed by atoms with Gasteiger partial charge < -0.3 is 20.9 Å². The SMILES string of the molecule is COC(CNC(=O)c1csc(CCN)n1)C(=O)O. The zero-order valence-electron chi connectivity index (χ0n) is 9.88. The first-order valence-electron chi connectivity index (χ1n) is 5.26. The Morgan fingerprint density at radius 1 is 1.67 bits per heavy atom. The Hall–Kier alpha value is -1.51. The Bertz CT molecular complexity index is 421. The number of methoxy groups -OCH3 is 1. The molecule has 0 spiro atoms. The lowest BCUT2D eigenvalue weighted by atomic mass is 10.3. The number of carbonyl (C=O) groups is 2. The van der Waals surface area contributed by atoms with Crippen molar-refractivity contribution in [1.29, 1.82) is 0 Å². The van der Waals surface area contributed by atoms with E-state index in [4.69, 9.17) is 15.6 Å². The van der Waals surface area contributed by atoms with Crippen LogP contribution in [0.25, 0.3) is 0 Å². The van der Waals surface area contributed by atoms with Gasteiger partial charge in [0.05, 0.1) is 11.6 Å². The number of amides is 1. The fourth-order valence-electron chi connectivity index (χ4n) is 1.20. The number of nitrogens with one attached hydrogen (secondary N) is 1. The Morgan fingerprint density at radius 2 is 2.39 bits per heavy atom. The van der Waals surface area contributed by atoms with Crippen LogP contribution in [0.2, 0.25) is 0 Å². The predicted octanol–water partition coefficient (Wildman–Crippen LogP) is -0.526. The number of rotatable bonds is 7. The molecule has 0 aliphatic heterocycles. The van der Waals surface area contributed by atoms with Gasteiger partial charge in [0.1, 0.15) is 5.69 Å². The average Bonchev–Trinajstić information content (AvgIpc) is 2.78. The second kappa shape index (κ2) is 7.04. The minimum atomic E-state index is -1.13. The molecular weight excluding hydrogens is 258 g/mol. The van der Waals surface area contributed by atoms with Crippen molar-refractivity contribution in [3.63, 3.8) is 0 Å². The van der Waals surface area contributed by atoms with Crippen LogP contribution in [0.3, 0.4) is 0 Å². The van der Waals surface area contributed by atoms with Crippen molar-refractivity contribution in [2.75, 3.05) is 20.2 Å². The van der Waals surface area contributed by atoms with Crippen LogP contribution in [0.15, 0.2) is 5.38 Å². The molecule has 1 aromatic heterocycles. The van der Waals surface area contributed by atoms with Crippen molar-refractivity contribution in [2.45, 2.75) is 12.5 Å². The van der Waals surface area contributed by atoms with Gasteiger partial charge in [0.15, 0.2) is 6.10 Å². The van der Waals surface area contributed by atoms with E-state index >= 15 is 0 Å². The van der Waals surface area contributed by atoms with E-state index in [1.165, 1.54) is 18.4 Å². The van der Waals surface area contributed by atoms with Crippen molar-refractivity contribution in [2.24, 2.45) is 5.73 Å². The van der Waals surface area contributed by atoms with Gasteiger partial charge in [-0.15, -0.1) is 11.3 Å². The molecule has 4 N–H and O–H groups in total. The molecule has 7 nitrogen and oxygen atoms in total.